The molecule has 0 amide bonds. The first-order valence-electron chi connectivity index (χ1n) is 11.1. The van der Waals surface area contributed by atoms with Crippen LogP contribution in [0, 0.1) is 0 Å². The van der Waals surface area contributed by atoms with Crippen LogP contribution in [0.15, 0.2) is 184 Å². The van der Waals surface area contributed by atoms with Gasteiger partial charge in [0.25, 0.3) is 0 Å². The third-order valence-corrected chi connectivity index (χ3v) is 3.40. The van der Waals surface area contributed by atoms with E-state index in [1.807, 2.05) is 109 Å². The van der Waals surface area contributed by atoms with Crippen molar-refractivity contribution in [2.75, 3.05) is 0 Å². The predicted octanol–water partition coefficient (Wildman–Crippen LogP) is 6.49. The molecule has 6 aromatic rings. The lowest BCUT2D eigenvalue weighted by Crippen LogP contribution is -1.58. The summed E-state index contributed by atoms with van der Waals surface area (Å²) < 4.78 is 0. The van der Waals surface area contributed by atoms with E-state index < -0.39 is 0 Å². The quantitative estimate of drug-likeness (QED) is 0.250. The summed E-state index contributed by atoms with van der Waals surface area (Å²) in [5.41, 5.74) is 0. The maximum absolute atomic E-state index is 3.78. The van der Waals surface area contributed by atoms with Crippen molar-refractivity contribution in [2.24, 2.45) is 0 Å². The van der Waals surface area contributed by atoms with E-state index >= 15 is 0 Å². The third-order valence-electron chi connectivity index (χ3n) is 3.40. The molecule has 0 aliphatic heterocycles. The van der Waals surface area contributed by atoms with Gasteiger partial charge in [0.2, 0.25) is 0 Å². The molecule has 0 aliphatic carbocycles. The molecule has 0 saturated carbocycles. The fourth-order valence-electron chi connectivity index (χ4n) is 1.88. The fourth-order valence-corrected chi connectivity index (χ4v) is 1.88. The number of hydrogen-bond acceptors (Lipinski definition) is 6. The van der Waals surface area contributed by atoms with E-state index in [0.717, 1.165) is 0 Å². The Balaban J connectivity index is 0.000000216. The molecule has 36 heavy (non-hydrogen) atoms. The van der Waals surface area contributed by atoms with Gasteiger partial charge in [-0.15, -0.1) is 0 Å². The molecule has 0 unspecified atom stereocenters. The summed E-state index contributed by atoms with van der Waals surface area (Å²) in [6.07, 6.45) is 21.0. The average Bonchev–Trinajstić information content (AvgIpc) is 3.04. The molecule has 0 aliphatic rings. The Morgan fingerprint density at radius 2 is 0.250 bits per heavy atom. The van der Waals surface area contributed by atoms with Crippen molar-refractivity contribution in [3.63, 3.8) is 0 Å². The SMILES string of the molecule is c1ccncc1.c1ccncc1.c1ccncc1.c1ccncc1.c1ccncc1.c1ccncc1. The highest BCUT2D eigenvalue weighted by molar-refractivity contribution is 4.91. The highest BCUT2D eigenvalue weighted by Gasteiger charge is 1.61. The van der Waals surface area contributed by atoms with Gasteiger partial charge >= 0.3 is 0 Å². The zero-order chi connectivity index (χ0) is 25.5. The van der Waals surface area contributed by atoms with E-state index in [9.17, 15) is 0 Å². The van der Waals surface area contributed by atoms with Crippen molar-refractivity contribution in [3.05, 3.63) is 184 Å². The highest BCUT2D eigenvalue weighted by Crippen LogP contribution is 1.76. The molecule has 6 aromatic heterocycles. The molecular formula is C30H30N6. The number of pyridine rings is 6. The zero-order valence-electron chi connectivity index (χ0n) is 20.0. The van der Waals surface area contributed by atoms with Crippen LogP contribution in [0.2, 0.25) is 0 Å². The molecule has 180 valence electrons. The van der Waals surface area contributed by atoms with Crippen LogP contribution in [-0.4, -0.2) is 29.9 Å². The largest absolute Gasteiger partial charge is 0.265 e. The van der Waals surface area contributed by atoms with Crippen molar-refractivity contribution in [3.8, 4) is 0 Å². The van der Waals surface area contributed by atoms with Crippen LogP contribution >= 0.6 is 0 Å². The molecule has 6 heteroatoms. The summed E-state index contributed by atoms with van der Waals surface area (Å²) in [7, 11) is 0. The number of aromatic nitrogens is 6. The van der Waals surface area contributed by atoms with Crippen LogP contribution in [0.25, 0.3) is 0 Å². The van der Waals surface area contributed by atoms with Gasteiger partial charge in [0.15, 0.2) is 0 Å². The molecular weight excluding hydrogens is 444 g/mol. The Morgan fingerprint density at radius 3 is 0.278 bits per heavy atom. The Labute approximate surface area is 213 Å². The lowest BCUT2D eigenvalue weighted by atomic mass is 10.5. The lowest BCUT2D eigenvalue weighted by Gasteiger charge is -1.70. The van der Waals surface area contributed by atoms with Crippen LogP contribution < -0.4 is 0 Å². The van der Waals surface area contributed by atoms with Crippen LogP contribution in [0.3, 0.4) is 0 Å². The second-order valence-electron chi connectivity index (χ2n) is 6.15. The van der Waals surface area contributed by atoms with Gasteiger partial charge in [0.05, 0.1) is 0 Å². The van der Waals surface area contributed by atoms with Gasteiger partial charge in [0.1, 0.15) is 0 Å². The Morgan fingerprint density at radius 1 is 0.139 bits per heavy atom. The molecule has 0 fully saturated rings. The van der Waals surface area contributed by atoms with E-state index in [1.165, 1.54) is 0 Å². The van der Waals surface area contributed by atoms with Gasteiger partial charge in [-0.2, -0.15) is 0 Å². The normalized spacial score (nSPS) is 8.00. The van der Waals surface area contributed by atoms with Crippen LogP contribution in [-0.2, 0) is 0 Å². The van der Waals surface area contributed by atoms with Gasteiger partial charge in [-0.05, 0) is 72.8 Å². The fraction of sp³-hybridized carbons (Fsp3) is 0. The van der Waals surface area contributed by atoms with Gasteiger partial charge in [-0.25, -0.2) is 0 Å². The third kappa shape index (κ3) is 23.6. The van der Waals surface area contributed by atoms with Gasteiger partial charge in [-0.1, -0.05) is 36.4 Å². The molecule has 6 nitrogen and oxygen atoms in total. The maximum Gasteiger partial charge on any atom is 0.0267 e. The van der Waals surface area contributed by atoms with Crippen LogP contribution in [0.5, 0.6) is 0 Å². The first kappa shape index (κ1) is 28.9. The minimum absolute atomic E-state index is 1.75. The molecule has 0 radical (unpaired) electrons. The van der Waals surface area contributed by atoms with E-state index in [4.69, 9.17) is 0 Å². The summed E-state index contributed by atoms with van der Waals surface area (Å²) in [6, 6.07) is 34.3. The highest BCUT2D eigenvalue weighted by atomic mass is 14.6. The number of hydrogen-bond donors (Lipinski definition) is 0. The molecule has 0 bridgehead atoms. The molecule has 6 rings (SSSR count). The summed E-state index contributed by atoms with van der Waals surface area (Å²) in [5.74, 6) is 0. The lowest BCUT2D eigenvalue weighted by molar-refractivity contribution is 1.33. The molecule has 0 aromatic carbocycles. The van der Waals surface area contributed by atoms with Crippen LogP contribution in [0.4, 0.5) is 0 Å². The van der Waals surface area contributed by atoms with Gasteiger partial charge < -0.3 is 0 Å². The van der Waals surface area contributed by atoms with E-state index in [2.05, 4.69) is 29.9 Å². The topological polar surface area (TPSA) is 77.3 Å². The molecule has 0 N–H and O–H groups in total. The van der Waals surface area contributed by atoms with E-state index in [0.29, 0.717) is 0 Å². The van der Waals surface area contributed by atoms with Crippen molar-refractivity contribution in [2.45, 2.75) is 0 Å². The van der Waals surface area contributed by atoms with Crippen molar-refractivity contribution < 1.29 is 0 Å². The monoisotopic (exact) mass is 474 g/mol. The van der Waals surface area contributed by atoms with Crippen LogP contribution in [0.1, 0.15) is 0 Å². The predicted molar refractivity (Wildman–Crippen MR) is 145 cm³/mol. The summed E-state index contributed by atoms with van der Waals surface area (Å²) in [5, 5.41) is 0. The average molecular weight is 475 g/mol. The van der Waals surface area contributed by atoms with Crippen molar-refractivity contribution >= 4 is 0 Å². The zero-order valence-corrected chi connectivity index (χ0v) is 20.0. The second kappa shape index (κ2) is 26.2. The maximum atomic E-state index is 3.78. The first-order chi connectivity index (χ1) is 18.0. The van der Waals surface area contributed by atoms with Gasteiger partial charge in [0, 0.05) is 74.4 Å². The molecule has 0 saturated heterocycles. The minimum Gasteiger partial charge on any atom is -0.265 e. The smallest absolute Gasteiger partial charge is 0.0267 e. The summed E-state index contributed by atoms with van der Waals surface area (Å²) >= 11 is 0. The summed E-state index contributed by atoms with van der Waals surface area (Å²) in [6.45, 7) is 0. The first-order valence-corrected chi connectivity index (χ1v) is 11.1. The van der Waals surface area contributed by atoms with E-state index in [-0.39, 0.29) is 0 Å². The van der Waals surface area contributed by atoms with Crippen molar-refractivity contribution in [1.29, 1.82) is 0 Å². The minimum atomic E-state index is 1.75. The standard InChI is InChI=1S/6C5H5N/c6*1-2-4-6-5-3-1/h6*1-5H. The Hall–Kier alpha value is -5.10. The summed E-state index contributed by atoms with van der Waals surface area (Å²) in [4.78, 5) is 22.7. The molecule has 0 spiro atoms. The molecule has 6 heterocycles. The number of nitrogens with zero attached hydrogens (tertiary/aromatic N) is 6. The Bertz CT molecular complexity index is 699. The van der Waals surface area contributed by atoms with Gasteiger partial charge in [-0.3, -0.25) is 29.9 Å². The van der Waals surface area contributed by atoms with Crippen molar-refractivity contribution in [1.82, 2.24) is 29.9 Å². The van der Waals surface area contributed by atoms with E-state index in [1.54, 1.807) is 74.4 Å². The number of rotatable bonds is 0. The molecule has 0 atom stereocenters. The second-order valence-corrected chi connectivity index (χ2v) is 6.15. The Kier molecular flexibility index (Phi) is 21.0.